The van der Waals surface area contributed by atoms with Gasteiger partial charge in [-0.25, -0.2) is 0 Å². The molecular weight excluding hydrogens is 298 g/mol. The molecule has 2 aliphatic heterocycles. The van der Waals surface area contributed by atoms with Crippen molar-refractivity contribution in [1.82, 2.24) is 9.88 Å². The zero-order valence-electron chi connectivity index (χ0n) is 13.9. The molecule has 2 aliphatic rings. The Labute approximate surface area is 143 Å². The van der Waals surface area contributed by atoms with Crippen LogP contribution < -0.4 is 4.90 Å². The van der Waals surface area contributed by atoms with Gasteiger partial charge in [0.25, 0.3) is 0 Å². The summed E-state index contributed by atoms with van der Waals surface area (Å²) >= 11 is 0. The lowest BCUT2D eigenvalue weighted by Crippen LogP contribution is -2.41. The number of para-hydroxylation sites is 1. The Hall–Kier alpha value is -2.20. The molecule has 1 saturated heterocycles. The highest BCUT2D eigenvalue weighted by molar-refractivity contribution is 5.97. The van der Waals surface area contributed by atoms with Crippen LogP contribution in [-0.2, 0) is 17.8 Å². The van der Waals surface area contributed by atoms with Gasteiger partial charge in [-0.1, -0.05) is 24.3 Å². The number of benzene rings is 1. The van der Waals surface area contributed by atoms with Gasteiger partial charge in [0.05, 0.1) is 0 Å². The lowest BCUT2D eigenvalue weighted by atomic mass is 9.95. The van der Waals surface area contributed by atoms with E-state index in [1.54, 1.807) is 0 Å². The molecular formula is C20H23N3O. The SMILES string of the molecule is O=C(C1CCN(Cc2cccnc2)CC1)N1CCc2ccccc21. The molecule has 0 radical (unpaired) electrons. The number of likely N-dealkylation sites (tertiary alicyclic amines) is 1. The molecule has 0 spiro atoms. The van der Waals surface area contributed by atoms with Crippen LogP contribution in [0.15, 0.2) is 48.8 Å². The second-order valence-electron chi connectivity index (χ2n) is 6.78. The predicted octanol–water partition coefficient (Wildman–Crippen LogP) is 2.88. The fourth-order valence-electron chi connectivity index (χ4n) is 3.88. The van der Waals surface area contributed by atoms with Gasteiger partial charge in [0.1, 0.15) is 0 Å². The van der Waals surface area contributed by atoms with Crippen LogP contribution in [0.2, 0.25) is 0 Å². The van der Waals surface area contributed by atoms with Gasteiger partial charge >= 0.3 is 0 Å². The summed E-state index contributed by atoms with van der Waals surface area (Å²) in [4.78, 5) is 21.5. The van der Waals surface area contributed by atoms with Gasteiger partial charge < -0.3 is 4.90 Å². The van der Waals surface area contributed by atoms with E-state index in [1.165, 1.54) is 11.1 Å². The molecule has 1 aromatic carbocycles. The van der Waals surface area contributed by atoms with Crippen molar-refractivity contribution < 1.29 is 4.79 Å². The molecule has 0 bridgehead atoms. The standard InChI is InChI=1S/C20H23N3O/c24-20(23-13-9-17-5-1-2-6-19(17)23)18-7-11-22(12-8-18)15-16-4-3-10-21-14-16/h1-6,10,14,18H,7-9,11-13,15H2. The van der Waals surface area contributed by atoms with Crippen LogP contribution in [-0.4, -0.2) is 35.4 Å². The third kappa shape index (κ3) is 3.06. The number of carbonyl (C=O) groups excluding carboxylic acids is 1. The van der Waals surface area contributed by atoms with E-state index in [1.807, 2.05) is 29.4 Å². The van der Waals surface area contributed by atoms with Crippen LogP contribution >= 0.6 is 0 Å². The zero-order chi connectivity index (χ0) is 16.4. The van der Waals surface area contributed by atoms with Crippen molar-refractivity contribution in [3.05, 3.63) is 59.9 Å². The van der Waals surface area contributed by atoms with Gasteiger partial charge in [0.2, 0.25) is 5.91 Å². The molecule has 4 heteroatoms. The van der Waals surface area contributed by atoms with Crippen LogP contribution in [0.4, 0.5) is 5.69 Å². The van der Waals surface area contributed by atoms with E-state index in [2.05, 4.69) is 34.1 Å². The molecule has 0 N–H and O–H groups in total. The highest BCUT2D eigenvalue weighted by atomic mass is 16.2. The van der Waals surface area contributed by atoms with E-state index >= 15 is 0 Å². The number of nitrogens with zero attached hydrogens (tertiary/aromatic N) is 3. The van der Waals surface area contributed by atoms with Gasteiger partial charge in [-0.05, 0) is 55.6 Å². The average molecular weight is 321 g/mol. The summed E-state index contributed by atoms with van der Waals surface area (Å²) in [5.41, 5.74) is 3.68. The van der Waals surface area contributed by atoms with Crippen molar-refractivity contribution in [3.63, 3.8) is 0 Å². The number of aromatic nitrogens is 1. The first-order valence-electron chi connectivity index (χ1n) is 8.82. The fourth-order valence-corrected chi connectivity index (χ4v) is 3.88. The van der Waals surface area contributed by atoms with Gasteiger partial charge in [-0.2, -0.15) is 0 Å². The van der Waals surface area contributed by atoms with Crippen LogP contribution in [0.25, 0.3) is 0 Å². The minimum atomic E-state index is 0.168. The highest BCUT2D eigenvalue weighted by Crippen LogP contribution is 2.31. The molecule has 0 unspecified atom stereocenters. The number of hydrogen-bond acceptors (Lipinski definition) is 3. The molecule has 3 heterocycles. The molecule has 2 aromatic rings. The number of pyridine rings is 1. The van der Waals surface area contributed by atoms with Crippen molar-refractivity contribution in [3.8, 4) is 0 Å². The maximum absolute atomic E-state index is 12.9. The predicted molar refractivity (Wildman–Crippen MR) is 94.7 cm³/mol. The number of carbonyl (C=O) groups is 1. The number of hydrogen-bond donors (Lipinski definition) is 0. The molecule has 24 heavy (non-hydrogen) atoms. The number of piperidine rings is 1. The lowest BCUT2D eigenvalue weighted by molar-refractivity contribution is -0.123. The number of fused-ring (bicyclic) bond motifs is 1. The van der Waals surface area contributed by atoms with Crippen LogP contribution in [0.3, 0.4) is 0 Å². The topological polar surface area (TPSA) is 36.4 Å². The first-order chi connectivity index (χ1) is 11.8. The molecule has 1 fully saturated rings. The summed E-state index contributed by atoms with van der Waals surface area (Å²) < 4.78 is 0. The summed E-state index contributed by atoms with van der Waals surface area (Å²) in [5, 5.41) is 0. The van der Waals surface area contributed by atoms with Gasteiger partial charge in [-0.15, -0.1) is 0 Å². The molecule has 4 rings (SSSR count). The lowest BCUT2D eigenvalue weighted by Gasteiger charge is -2.33. The Morgan fingerprint density at radius 3 is 2.71 bits per heavy atom. The Balaban J connectivity index is 1.35. The maximum atomic E-state index is 12.9. The summed E-state index contributed by atoms with van der Waals surface area (Å²) in [6, 6.07) is 12.4. The van der Waals surface area contributed by atoms with E-state index in [9.17, 15) is 4.79 Å². The summed E-state index contributed by atoms with van der Waals surface area (Å²) in [7, 11) is 0. The summed E-state index contributed by atoms with van der Waals surface area (Å²) in [6.07, 6.45) is 6.64. The second kappa shape index (κ2) is 6.73. The van der Waals surface area contributed by atoms with E-state index in [0.717, 1.165) is 51.1 Å². The average Bonchev–Trinajstić information content (AvgIpc) is 3.07. The Morgan fingerprint density at radius 2 is 1.92 bits per heavy atom. The van der Waals surface area contributed by atoms with Crippen LogP contribution in [0.5, 0.6) is 0 Å². The normalized spacial score (nSPS) is 18.6. The highest BCUT2D eigenvalue weighted by Gasteiger charge is 2.32. The Kier molecular flexibility index (Phi) is 4.30. The first kappa shape index (κ1) is 15.3. The summed E-state index contributed by atoms with van der Waals surface area (Å²) in [6.45, 7) is 3.75. The van der Waals surface area contributed by atoms with E-state index < -0.39 is 0 Å². The Morgan fingerprint density at radius 1 is 1.08 bits per heavy atom. The third-order valence-corrected chi connectivity index (χ3v) is 5.22. The van der Waals surface area contributed by atoms with E-state index in [0.29, 0.717) is 5.91 Å². The van der Waals surface area contributed by atoms with Crippen molar-refractivity contribution in [2.24, 2.45) is 5.92 Å². The van der Waals surface area contributed by atoms with E-state index in [4.69, 9.17) is 0 Å². The largest absolute Gasteiger partial charge is 0.312 e. The monoisotopic (exact) mass is 321 g/mol. The number of amides is 1. The molecule has 0 aliphatic carbocycles. The van der Waals surface area contributed by atoms with Crippen molar-refractivity contribution >= 4 is 11.6 Å². The van der Waals surface area contributed by atoms with Gasteiger partial charge in [0, 0.05) is 37.1 Å². The molecule has 124 valence electrons. The van der Waals surface area contributed by atoms with Crippen molar-refractivity contribution in [2.45, 2.75) is 25.8 Å². The number of rotatable bonds is 3. The maximum Gasteiger partial charge on any atom is 0.230 e. The zero-order valence-corrected chi connectivity index (χ0v) is 13.9. The minimum absolute atomic E-state index is 0.168. The molecule has 0 atom stereocenters. The molecule has 1 aromatic heterocycles. The summed E-state index contributed by atoms with van der Waals surface area (Å²) in [5.74, 6) is 0.488. The van der Waals surface area contributed by atoms with Crippen molar-refractivity contribution in [2.75, 3.05) is 24.5 Å². The Bertz CT molecular complexity index is 708. The smallest absolute Gasteiger partial charge is 0.230 e. The third-order valence-electron chi connectivity index (χ3n) is 5.22. The molecule has 1 amide bonds. The van der Waals surface area contributed by atoms with Crippen LogP contribution in [0, 0.1) is 5.92 Å². The van der Waals surface area contributed by atoms with Crippen molar-refractivity contribution in [1.29, 1.82) is 0 Å². The van der Waals surface area contributed by atoms with E-state index in [-0.39, 0.29) is 5.92 Å². The fraction of sp³-hybridized carbons (Fsp3) is 0.400. The quantitative estimate of drug-likeness (QED) is 0.872. The number of anilines is 1. The second-order valence-corrected chi connectivity index (χ2v) is 6.78. The molecule has 0 saturated carbocycles. The minimum Gasteiger partial charge on any atom is -0.312 e. The van der Waals surface area contributed by atoms with Gasteiger partial charge in [-0.3, -0.25) is 14.7 Å². The molecule has 4 nitrogen and oxygen atoms in total. The first-order valence-corrected chi connectivity index (χ1v) is 8.82. The van der Waals surface area contributed by atoms with Gasteiger partial charge in [0.15, 0.2) is 0 Å². The van der Waals surface area contributed by atoms with Crippen LogP contribution in [0.1, 0.15) is 24.0 Å².